The lowest BCUT2D eigenvalue weighted by Crippen LogP contribution is -2.16. The van der Waals surface area contributed by atoms with E-state index in [-0.39, 0.29) is 0 Å². The van der Waals surface area contributed by atoms with Crippen LogP contribution in [-0.2, 0) is 13.1 Å². The first kappa shape index (κ1) is 15.5. The summed E-state index contributed by atoms with van der Waals surface area (Å²) in [5.41, 5.74) is 2.03. The predicted molar refractivity (Wildman–Crippen MR) is 87.7 cm³/mol. The minimum absolute atomic E-state index is 0.634. The van der Waals surface area contributed by atoms with Crippen molar-refractivity contribution in [3.8, 4) is 11.6 Å². The molecule has 0 unspecified atom stereocenters. The standard InChI is InChI=1S/C16H16ClN5O/c1-23-15-5-4-14(17)7-13(15)9-18-8-12-3-2-6-20-16(12)22-11-19-10-21-22/h2-7,10-11,18H,8-9H2,1H3. The van der Waals surface area contributed by atoms with Crippen molar-refractivity contribution in [3.05, 3.63) is 65.3 Å². The number of hydrogen-bond donors (Lipinski definition) is 1. The molecule has 3 rings (SSSR count). The third kappa shape index (κ3) is 3.67. The lowest BCUT2D eigenvalue weighted by atomic mass is 10.2. The number of pyridine rings is 1. The SMILES string of the molecule is COc1ccc(Cl)cc1CNCc1cccnc1-n1cncn1. The van der Waals surface area contributed by atoms with Crippen molar-refractivity contribution in [2.75, 3.05) is 7.11 Å². The predicted octanol–water partition coefficient (Wildman–Crippen LogP) is 2.61. The van der Waals surface area contributed by atoms with E-state index in [2.05, 4.69) is 20.4 Å². The van der Waals surface area contributed by atoms with Gasteiger partial charge in [0.25, 0.3) is 0 Å². The number of nitrogens with zero attached hydrogens (tertiary/aromatic N) is 4. The van der Waals surface area contributed by atoms with E-state index in [1.165, 1.54) is 6.33 Å². The fourth-order valence-corrected chi connectivity index (χ4v) is 2.50. The minimum Gasteiger partial charge on any atom is -0.496 e. The zero-order valence-corrected chi connectivity index (χ0v) is 13.4. The van der Waals surface area contributed by atoms with Crippen molar-refractivity contribution in [3.63, 3.8) is 0 Å². The van der Waals surface area contributed by atoms with E-state index in [0.29, 0.717) is 18.1 Å². The average molecular weight is 330 g/mol. The molecular formula is C16H16ClN5O. The van der Waals surface area contributed by atoms with Crippen LogP contribution in [0.4, 0.5) is 0 Å². The van der Waals surface area contributed by atoms with Gasteiger partial charge >= 0.3 is 0 Å². The van der Waals surface area contributed by atoms with E-state index in [1.807, 2.05) is 30.3 Å². The molecule has 0 spiro atoms. The summed E-state index contributed by atoms with van der Waals surface area (Å²) in [6.45, 7) is 1.27. The Hall–Kier alpha value is -2.44. The van der Waals surface area contributed by atoms with Gasteiger partial charge in [0.05, 0.1) is 7.11 Å². The molecule has 0 bridgehead atoms. The van der Waals surface area contributed by atoms with E-state index in [1.54, 1.807) is 24.3 Å². The molecule has 0 saturated heterocycles. The largest absolute Gasteiger partial charge is 0.496 e. The van der Waals surface area contributed by atoms with Crippen LogP contribution in [0.3, 0.4) is 0 Å². The normalized spacial score (nSPS) is 10.7. The van der Waals surface area contributed by atoms with E-state index >= 15 is 0 Å². The number of hydrogen-bond acceptors (Lipinski definition) is 5. The van der Waals surface area contributed by atoms with Crippen molar-refractivity contribution in [1.29, 1.82) is 0 Å². The number of halogens is 1. The van der Waals surface area contributed by atoms with Crippen molar-refractivity contribution in [2.45, 2.75) is 13.1 Å². The molecule has 1 aromatic carbocycles. The van der Waals surface area contributed by atoms with Crippen molar-refractivity contribution in [1.82, 2.24) is 25.1 Å². The van der Waals surface area contributed by atoms with Crippen LogP contribution in [-0.4, -0.2) is 26.9 Å². The molecule has 3 aromatic rings. The Morgan fingerprint density at radius 1 is 1.22 bits per heavy atom. The summed E-state index contributed by atoms with van der Waals surface area (Å²) >= 11 is 6.05. The molecule has 0 saturated carbocycles. The van der Waals surface area contributed by atoms with Gasteiger partial charge in [-0.05, 0) is 24.3 Å². The molecule has 0 aliphatic carbocycles. The smallest absolute Gasteiger partial charge is 0.159 e. The topological polar surface area (TPSA) is 64.9 Å². The quantitative estimate of drug-likeness (QED) is 0.753. The van der Waals surface area contributed by atoms with Crippen LogP contribution >= 0.6 is 11.6 Å². The van der Waals surface area contributed by atoms with E-state index in [4.69, 9.17) is 16.3 Å². The number of nitrogens with one attached hydrogen (secondary N) is 1. The van der Waals surface area contributed by atoms with Gasteiger partial charge < -0.3 is 10.1 Å². The maximum atomic E-state index is 6.05. The summed E-state index contributed by atoms with van der Waals surface area (Å²) in [5.74, 6) is 1.57. The molecular weight excluding hydrogens is 314 g/mol. The van der Waals surface area contributed by atoms with Crippen molar-refractivity contribution in [2.24, 2.45) is 0 Å². The van der Waals surface area contributed by atoms with Crippen LogP contribution in [0, 0.1) is 0 Å². The van der Waals surface area contributed by atoms with E-state index in [0.717, 1.165) is 22.7 Å². The van der Waals surface area contributed by atoms with Gasteiger partial charge in [-0.3, -0.25) is 0 Å². The van der Waals surface area contributed by atoms with Gasteiger partial charge in [-0.25, -0.2) is 14.6 Å². The fourth-order valence-electron chi connectivity index (χ4n) is 2.31. The maximum absolute atomic E-state index is 6.05. The van der Waals surface area contributed by atoms with Gasteiger partial charge in [0.2, 0.25) is 0 Å². The first-order valence-electron chi connectivity index (χ1n) is 7.10. The maximum Gasteiger partial charge on any atom is 0.159 e. The van der Waals surface area contributed by atoms with Crippen LogP contribution < -0.4 is 10.1 Å². The Balaban J connectivity index is 1.72. The monoisotopic (exact) mass is 329 g/mol. The van der Waals surface area contributed by atoms with Gasteiger partial charge in [-0.1, -0.05) is 17.7 Å². The van der Waals surface area contributed by atoms with Crippen molar-refractivity contribution < 1.29 is 4.74 Å². The summed E-state index contributed by atoms with van der Waals surface area (Å²) in [5, 5.41) is 8.20. The summed E-state index contributed by atoms with van der Waals surface area (Å²) in [4.78, 5) is 8.33. The molecule has 0 fully saturated rings. The van der Waals surface area contributed by atoms with Crippen LogP contribution in [0.5, 0.6) is 5.75 Å². The number of aromatic nitrogens is 4. The molecule has 23 heavy (non-hydrogen) atoms. The summed E-state index contributed by atoms with van der Waals surface area (Å²) in [7, 11) is 1.65. The Morgan fingerprint density at radius 3 is 2.87 bits per heavy atom. The molecule has 0 atom stereocenters. The number of methoxy groups -OCH3 is 1. The van der Waals surface area contributed by atoms with Crippen molar-refractivity contribution >= 4 is 11.6 Å². The second-order valence-corrected chi connectivity index (χ2v) is 5.32. The number of benzene rings is 1. The highest BCUT2D eigenvalue weighted by molar-refractivity contribution is 6.30. The highest BCUT2D eigenvalue weighted by Gasteiger charge is 2.08. The number of rotatable bonds is 6. The lowest BCUT2D eigenvalue weighted by molar-refractivity contribution is 0.407. The molecule has 7 heteroatoms. The van der Waals surface area contributed by atoms with Crippen LogP contribution in [0.2, 0.25) is 5.02 Å². The Kier molecular flexibility index (Phi) is 4.85. The highest BCUT2D eigenvalue weighted by atomic mass is 35.5. The molecule has 118 valence electrons. The second kappa shape index (κ2) is 7.21. The summed E-state index contributed by atoms with van der Waals surface area (Å²) in [6, 6.07) is 9.48. The minimum atomic E-state index is 0.634. The average Bonchev–Trinajstić information content (AvgIpc) is 3.10. The van der Waals surface area contributed by atoms with Gasteiger partial charge in [0, 0.05) is 35.4 Å². The Labute approximate surface area is 139 Å². The van der Waals surface area contributed by atoms with E-state index in [9.17, 15) is 0 Å². The molecule has 2 heterocycles. The van der Waals surface area contributed by atoms with Crippen LogP contribution in [0.15, 0.2) is 49.2 Å². The van der Waals surface area contributed by atoms with Gasteiger partial charge in [-0.2, -0.15) is 5.10 Å². The third-order valence-electron chi connectivity index (χ3n) is 3.38. The zero-order chi connectivity index (χ0) is 16.1. The molecule has 0 amide bonds. The van der Waals surface area contributed by atoms with Crippen LogP contribution in [0.25, 0.3) is 5.82 Å². The first-order chi connectivity index (χ1) is 11.3. The highest BCUT2D eigenvalue weighted by Crippen LogP contribution is 2.22. The van der Waals surface area contributed by atoms with Gasteiger partial charge in [0.1, 0.15) is 18.4 Å². The first-order valence-corrected chi connectivity index (χ1v) is 7.48. The lowest BCUT2D eigenvalue weighted by Gasteiger charge is -2.12. The molecule has 0 radical (unpaired) electrons. The zero-order valence-electron chi connectivity index (χ0n) is 12.6. The fraction of sp³-hybridized carbons (Fsp3) is 0.188. The third-order valence-corrected chi connectivity index (χ3v) is 3.61. The Morgan fingerprint density at radius 2 is 2.09 bits per heavy atom. The molecule has 1 N–H and O–H groups in total. The summed E-state index contributed by atoms with van der Waals surface area (Å²) in [6.07, 6.45) is 4.86. The Bertz CT molecular complexity index is 776. The summed E-state index contributed by atoms with van der Waals surface area (Å²) < 4.78 is 7.00. The van der Waals surface area contributed by atoms with E-state index < -0.39 is 0 Å². The second-order valence-electron chi connectivity index (χ2n) is 4.89. The molecule has 0 aliphatic rings. The molecule has 2 aromatic heterocycles. The molecule has 0 aliphatic heterocycles. The van der Waals surface area contributed by atoms with Gasteiger partial charge in [-0.15, -0.1) is 0 Å². The number of ether oxygens (including phenoxy) is 1. The molecule has 6 nitrogen and oxygen atoms in total. The van der Waals surface area contributed by atoms with Gasteiger partial charge in [0.15, 0.2) is 5.82 Å². The van der Waals surface area contributed by atoms with Crippen LogP contribution in [0.1, 0.15) is 11.1 Å².